The van der Waals surface area contributed by atoms with Crippen molar-refractivity contribution in [2.24, 2.45) is 0 Å². The van der Waals surface area contributed by atoms with Crippen LogP contribution in [0.5, 0.6) is 5.75 Å². The molecule has 0 radical (unpaired) electrons. The third-order valence-electron chi connectivity index (χ3n) is 3.30. The molecule has 0 bridgehead atoms. The van der Waals surface area contributed by atoms with E-state index in [1.165, 1.54) is 0 Å². The third-order valence-corrected chi connectivity index (χ3v) is 3.30. The summed E-state index contributed by atoms with van der Waals surface area (Å²) in [5.41, 5.74) is 4.03. The maximum atomic E-state index is 12.2. The second-order valence-electron chi connectivity index (χ2n) is 5.39. The molecule has 3 nitrogen and oxygen atoms in total. The molecule has 2 aromatic carbocycles. The second-order valence-corrected chi connectivity index (χ2v) is 5.39. The lowest BCUT2D eigenvalue weighted by Gasteiger charge is -2.17. The standard InChI is InChI=1S/C18H21NO2/c1-12-6-5-7-16(10-12)19-18(20)15(4)21-17-11-13(2)8-9-14(17)3/h5-11,15H,1-4H3,(H,19,20)/t15-/m1/s1. The first-order valence-electron chi connectivity index (χ1n) is 7.07. The van der Waals surface area contributed by atoms with Crippen LogP contribution >= 0.6 is 0 Å². The highest BCUT2D eigenvalue weighted by Gasteiger charge is 2.16. The Kier molecular flexibility index (Phi) is 4.63. The van der Waals surface area contributed by atoms with Crippen LogP contribution in [0.25, 0.3) is 0 Å². The maximum absolute atomic E-state index is 12.2. The molecule has 0 heterocycles. The van der Waals surface area contributed by atoms with Gasteiger partial charge in [0.15, 0.2) is 6.10 Å². The Morgan fingerprint density at radius 3 is 2.48 bits per heavy atom. The first kappa shape index (κ1) is 15.1. The van der Waals surface area contributed by atoms with E-state index in [0.717, 1.165) is 28.1 Å². The smallest absolute Gasteiger partial charge is 0.265 e. The number of rotatable bonds is 4. The Bertz CT molecular complexity index is 649. The minimum Gasteiger partial charge on any atom is -0.481 e. The molecule has 0 aliphatic rings. The number of carbonyl (C=O) groups excluding carboxylic acids is 1. The van der Waals surface area contributed by atoms with Gasteiger partial charge < -0.3 is 10.1 Å². The van der Waals surface area contributed by atoms with E-state index in [4.69, 9.17) is 4.74 Å². The average molecular weight is 283 g/mol. The van der Waals surface area contributed by atoms with Crippen LogP contribution in [0, 0.1) is 20.8 Å². The number of hydrogen-bond acceptors (Lipinski definition) is 2. The van der Waals surface area contributed by atoms with Gasteiger partial charge >= 0.3 is 0 Å². The summed E-state index contributed by atoms with van der Waals surface area (Å²) in [7, 11) is 0. The Morgan fingerprint density at radius 1 is 1.05 bits per heavy atom. The van der Waals surface area contributed by atoms with Gasteiger partial charge in [-0.25, -0.2) is 0 Å². The van der Waals surface area contributed by atoms with Gasteiger partial charge in [-0.3, -0.25) is 4.79 Å². The molecule has 0 aliphatic heterocycles. The van der Waals surface area contributed by atoms with E-state index in [0.29, 0.717) is 0 Å². The lowest BCUT2D eigenvalue weighted by molar-refractivity contribution is -0.122. The molecule has 110 valence electrons. The highest BCUT2D eigenvalue weighted by Crippen LogP contribution is 2.21. The fourth-order valence-corrected chi connectivity index (χ4v) is 2.04. The van der Waals surface area contributed by atoms with Crippen LogP contribution in [0.2, 0.25) is 0 Å². The van der Waals surface area contributed by atoms with Crippen molar-refractivity contribution >= 4 is 11.6 Å². The molecule has 2 rings (SSSR count). The molecule has 0 aromatic heterocycles. The van der Waals surface area contributed by atoms with Crippen molar-refractivity contribution in [3.63, 3.8) is 0 Å². The largest absolute Gasteiger partial charge is 0.481 e. The van der Waals surface area contributed by atoms with Crippen molar-refractivity contribution in [2.75, 3.05) is 5.32 Å². The molecule has 0 spiro atoms. The quantitative estimate of drug-likeness (QED) is 0.920. The normalized spacial score (nSPS) is 11.8. The van der Waals surface area contributed by atoms with Crippen molar-refractivity contribution in [3.8, 4) is 5.75 Å². The summed E-state index contributed by atoms with van der Waals surface area (Å²) in [5, 5.41) is 2.87. The lowest BCUT2D eigenvalue weighted by Crippen LogP contribution is -2.30. The molecule has 1 atom stereocenters. The molecular formula is C18H21NO2. The molecule has 2 aromatic rings. The van der Waals surface area contributed by atoms with Crippen molar-refractivity contribution < 1.29 is 9.53 Å². The van der Waals surface area contributed by atoms with Crippen LogP contribution in [-0.2, 0) is 4.79 Å². The molecular weight excluding hydrogens is 262 g/mol. The zero-order chi connectivity index (χ0) is 15.4. The molecule has 1 N–H and O–H groups in total. The molecule has 0 aliphatic carbocycles. The Labute approximate surface area is 126 Å². The monoisotopic (exact) mass is 283 g/mol. The summed E-state index contributed by atoms with van der Waals surface area (Å²) in [6.45, 7) is 7.72. The van der Waals surface area contributed by atoms with Gasteiger partial charge in [0.1, 0.15) is 5.75 Å². The van der Waals surface area contributed by atoms with Crippen molar-refractivity contribution in [1.29, 1.82) is 0 Å². The summed E-state index contributed by atoms with van der Waals surface area (Å²) in [6.07, 6.45) is -0.550. The first-order valence-corrected chi connectivity index (χ1v) is 7.07. The molecule has 0 saturated carbocycles. The van der Waals surface area contributed by atoms with E-state index in [2.05, 4.69) is 5.32 Å². The molecule has 1 amide bonds. The van der Waals surface area contributed by atoms with Crippen LogP contribution in [0.1, 0.15) is 23.6 Å². The predicted molar refractivity (Wildman–Crippen MR) is 85.8 cm³/mol. The Morgan fingerprint density at radius 2 is 1.76 bits per heavy atom. The SMILES string of the molecule is Cc1cccc(NC(=O)[C@@H](C)Oc2cc(C)ccc2C)c1. The van der Waals surface area contributed by atoms with Crippen LogP contribution in [-0.4, -0.2) is 12.0 Å². The van der Waals surface area contributed by atoms with Gasteiger partial charge in [0.05, 0.1) is 0 Å². The number of benzene rings is 2. The van der Waals surface area contributed by atoms with E-state index in [1.807, 2.05) is 63.2 Å². The Balaban J connectivity index is 2.04. The zero-order valence-corrected chi connectivity index (χ0v) is 12.9. The maximum Gasteiger partial charge on any atom is 0.265 e. The van der Waals surface area contributed by atoms with Crippen molar-refractivity contribution in [1.82, 2.24) is 0 Å². The summed E-state index contributed by atoms with van der Waals surface area (Å²) < 4.78 is 5.78. The molecule has 0 saturated heterocycles. The second kappa shape index (κ2) is 6.44. The first-order chi connectivity index (χ1) is 9.95. The van der Waals surface area contributed by atoms with E-state index < -0.39 is 6.10 Å². The number of ether oxygens (including phenoxy) is 1. The lowest BCUT2D eigenvalue weighted by atomic mass is 10.1. The molecule has 0 fully saturated rings. The molecule has 21 heavy (non-hydrogen) atoms. The van der Waals surface area contributed by atoms with Crippen LogP contribution in [0.15, 0.2) is 42.5 Å². The van der Waals surface area contributed by atoms with Crippen LogP contribution in [0.3, 0.4) is 0 Å². The summed E-state index contributed by atoms with van der Waals surface area (Å²) >= 11 is 0. The predicted octanol–water partition coefficient (Wildman–Crippen LogP) is 4.02. The van der Waals surface area contributed by atoms with Crippen LogP contribution in [0.4, 0.5) is 5.69 Å². The summed E-state index contributed by atoms with van der Waals surface area (Å²) in [6, 6.07) is 13.7. The fraction of sp³-hybridized carbons (Fsp3) is 0.278. The number of amides is 1. The van der Waals surface area contributed by atoms with Gasteiger partial charge in [-0.15, -0.1) is 0 Å². The Hall–Kier alpha value is -2.29. The minimum atomic E-state index is -0.550. The van der Waals surface area contributed by atoms with Gasteiger partial charge in [-0.2, -0.15) is 0 Å². The summed E-state index contributed by atoms with van der Waals surface area (Å²) in [5.74, 6) is 0.600. The minimum absolute atomic E-state index is 0.151. The van der Waals surface area contributed by atoms with E-state index >= 15 is 0 Å². The van der Waals surface area contributed by atoms with Crippen LogP contribution < -0.4 is 10.1 Å². The fourth-order valence-electron chi connectivity index (χ4n) is 2.04. The van der Waals surface area contributed by atoms with Crippen molar-refractivity contribution in [3.05, 3.63) is 59.2 Å². The van der Waals surface area contributed by atoms with Gasteiger partial charge in [-0.1, -0.05) is 24.3 Å². The van der Waals surface area contributed by atoms with E-state index in [9.17, 15) is 4.79 Å². The topological polar surface area (TPSA) is 38.3 Å². The third kappa shape index (κ3) is 4.09. The number of anilines is 1. The highest BCUT2D eigenvalue weighted by molar-refractivity contribution is 5.94. The average Bonchev–Trinajstić information content (AvgIpc) is 2.43. The summed E-state index contributed by atoms with van der Waals surface area (Å²) in [4.78, 5) is 12.2. The number of nitrogens with one attached hydrogen (secondary N) is 1. The van der Waals surface area contributed by atoms with Gasteiger partial charge in [-0.05, 0) is 62.6 Å². The van der Waals surface area contributed by atoms with E-state index in [1.54, 1.807) is 6.92 Å². The van der Waals surface area contributed by atoms with Crippen molar-refractivity contribution in [2.45, 2.75) is 33.8 Å². The molecule has 0 unspecified atom stereocenters. The molecule has 3 heteroatoms. The van der Waals surface area contributed by atoms with E-state index in [-0.39, 0.29) is 5.91 Å². The number of aryl methyl sites for hydroxylation is 3. The zero-order valence-electron chi connectivity index (χ0n) is 12.9. The van der Waals surface area contributed by atoms with Gasteiger partial charge in [0.25, 0.3) is 5.91 Å². The number of hydrogen-bond donors (Lipinski definition) is 1. The van der Waals surface area contributed by atoms with Gasteiger partial charge in [0, 0.05) is 5.69 Å². The van der Waals surface area contributed by atoms with Gasteiger partial charge in [0.2, 0.25) is 0 Å². The number of carbonyl (C=O) groups is 1. The highest BCUT2D eigenvalue weighted by atomic mass is 16.5.